The molecule has 0 atom stereocenters. The predicted octanol–water partition coefficient (Wildman–Crippen LogP) is 5.26. The molecule has 1 aliphatic heterocycles. The highest BCUT2D eigenvalue weighted by molar-refractivity contribution is 6.32. The lowest BCUT2D eigenvalue weighted by molar-refractivity contribution is -0.113. The highest BCUT2D eigenvalue weighted by atomic mass is 16.2. The summed E-state index contributed by atoms with van der Waals surface area (Å²) in [4.78, 5) is 20.2. The molecule has 0 aliphatic carbocycles. The minimum atomic E-state index is -0.0144. The molecule has 3 nitrogen and oxygen atoms in total. The number of rotatable bonds is 3. The van der Waals surface area contributed by atoms with Crippen molar-refractivity contribution in [3.8, 4) is 0 Å². The fourth-order valence-corrected chi connectivity index (χ4v) is 3.30. The summed E-state index contributed by atoms with van der Waals surface area (Å²) in [5.41, 5.74) is 4.94. The van der Waals surface area contributed by atoms with Crippen LogP contribution in [0.25, 0.3) is 5.57 Å². The minimum Gasteiger partial charge on any atom is -0.306 e. The number of nitrogens with zero attached hydrogens (tertiary/aromatic N) is 2. The average Bonchev–Trinajstić information content (AvgIpc) is 2.72. The van der Waals surface area contributed by atoms with Crippen LogP contribution in [0.4, 0.5) is 11.4 Å². The van der Waals surface area contributed by atoms with Crippen LogP contribution in [0.1, 0.15) is 18.1 Å². The Morgan fingerprint density at radius 3 is 2.04 bits per heavy atom. The molecule has 0 spiro atoms. The second-order valence-corrected chi connectivity index (χ2v) is 6.33. The zero-order chi connectivity index (χ0) is 18.6. The molecule has 3 heteroatoms. The van der Waals surface area contributed by atoms with Gasteiger partial charge >= 0.3 is 0 Å². The Labute approximate surface area is 159 Å². The highest BCUT2D eigenvalue weighted by Gasteiger charge is 2.24. The number of hydrogen-bond acceptors (Lipinski definition) is 2. The first-order chi connectivity index (χ1) is 13.3. The molecule has 0 radical (unpaired) electrons. The molecule has 1 amide bonds. The Balaban J connectivity index is 1.98. The quantitative estimate of drug-likeness (QED) is 0.633. The zero-order valence-electron chi connectivity index (χ0n) is 15.2. The lowest BCUT2D eigenvalue weighted by Crippen LogP contribution is -2.32. The zero-order valence-corrected chi connectivity index (χ0v) is 15.2. The van der Waals surface area contributed by atoms with Gasteiger partial charge in [0, 0.05) is 17.7 Å². The van der Waals surface area contributed by atoms with E-state index in [-0.39, 0.29) is 5.91 Å². The summed E-state index contributed by atoms with van der Waals surface area (Å²) >= 11 is 0. The number of allylic oxidation sites excluding steroid dienone is 1. The summed E-state index contributed by atoms with van der Waals surface area (Å²) < 4.78 is 0. The number of aliphatic imine (C=N–C) groups is 1. The Bertz CT molecular complexity index is 1020. The molecular weight excluding hydrogens is 332 g/mol. The standard InChI is InChI=1S/C24H20N2O/c1-2-26-23-16-10-9-15-21(23)25-22(19-13-7-4-8-14-19)17-20(24(26)27)18-11-5-3-6-12-18/h3-17H,2H2,1H3/b20-17-,25-22?. The fourth-order valence-electron chi connectivity index (χ4n) is 3.30. The van der Waals surface area contributed by atoms with Gasteiger partial charge in [0.1, 0.15) is 0 Å². The molecule has 27 heavy (non-hydrogen) atoms. The molecule has 4 rings (SSSR count). The molecule has 3 aromatic carbocycles. The van der Waals surface area contributed by atoms with Gasteiger partial charge < -0.3 is 4.90 Å². The molecule has 0 bridgehead atoms. The number of carbonyl (C=O) groups is 1. The maximum atomic E-state index is 13.5. The smallest absolute Gasteiger partial charge is 0.259 e. The van der Waals surface area contributed by atoms with Crippen molar-refractivity contribution in [3.63, 3.8) is 0 Å². The molecule has 0 fully saturated rings. The van der Waals surface area contributed by atoms with Gasteiger partial charge in [-0.25, -0.2) is 4.99 Å². The van der Waals surface area contributed by atoms with Crippen molar-refractivity contribution in [2.24, 2.45) is 4.99 Å². The van der Waals surface area contributed by atoms with E-state index in [1.807, 2.05) is 97.9 Å². The number of anilines is 1. The molecular formula is C24H20N2O. The van der Waals surface area contributed by atoms with E-state index < -0.39 is 0 Å². The first kappa shape index (κ1) is 17.0. The number of para-hydroxylation sites is 2. The molecule has 1 heterocycles. The van der Waals surface area contributed by atoms with E-state index in [4.69, 9.17) is 4.99 Å². The van der Waals surface area contributed by atoms with Crippen LogP contribution in [-0.2, 0) is 4.79 Å². The topological polar surface area (TPSA) is 32.7 Å². The number of fused-ring (bicyclic) bond motifs is 1. The highest BCUT2D eigenvalue weighted by Crippen LogP contribution is 2.34. The summed E-state index contributed by atoms with van der Waals surface area (Å²) in [7, 11) is 0. The van der Waals surface area contributed by atoms with Crippen molar-refractivity contribution in [2.45, 2.75) is 6.92 Å². The molecule has 0 unspecified atom stereocenters. The number of amides is 1. The van der Waals surface area contributed by atoms with Crippen molar-refractivity contribution >= 4 is 28.6 Å². The Morgan fingerprint density at radius 1 is 0.778 bits per heavy atom. The summed E-state index contributed by atoms with van der Waals surface area (Å²) in [5.74, 6) is -0.0144. The third kappa shape index (κ3) is 3.32. The van der Waals surface area contributed by atoms with Gasteiger partial charge in [-0.1, -0.05) is 72.8 Å². The Morgan fingerprint density at radius 2 is 1.37 bits per heavy atom. The van der Waals surface area contributed by atoms with Crippen molar-refractivity contribution < 1.29 is 4.79 Å². The van der Waals surface area contributed by atoms with Gasteiger partial charge in [0.2, 0.25) is 0 Å². The van der Waals surface area contributed by atoms with Crippen molar-refractivity contribution in [1.82, 2.24) is 0 Å². The first-order valence-corrected chi connectivity index (χ1v) is 9.10. The molecule has 0 N–H and O–H groups in total. The summed E-state index contributed by atoms with van der Waals surface area (Å²) in [6, 6.07) is 27.6. The van der Waals surface area contributed by atoms with Gasteiger partial charge in [0.25, 0.3) is 5.91 Å². The molecule has 0 saturated heterocycles. The van der Waals surface area contributed by atoms with Crippen LogP contribution < -0.4 is 4.90 Å². The third-order valence-corrected chi connectivity index (χ3v) is 4.64. The number of likely N-dealkylation sites (N-methyl/N-ethyl adjacent to an activating group) is 1. The van der Waals surface area contributed by atoms with Crippen LogP contribution in [0.2, 0.25) is 0 Å². The monoisotopic (exact) mass is 352 g/mol. The second kappa shape index (κ2) is 7.42. The molecule has 0 saturated carbocycles. The van der Waals surface area contributed by atoms with Gasteiger partial charge in [-0.15, -0.1) is 0 Å². The van der Waals surface area contributed by atoms with Gasteiger partial charge in [-0.2, -0.15) is 0 Å². The van der Waals surface area contributed by atoms with E-state index in [9.17, 15) is 4.79 Å². The van der Waals surface area contributed by atoms with Gasteiger partial charge in [-0.3, -0.25) is 4.79 Å². The summed E-state index contributed by atoms with van der Waals surface area (Å²) in [6.07, 6.45) is 1.91. The molecule has 0 aromatic heterocycles. The normalized spacial score (nSPS) is 15.9. The SMILES string of the molecule is CCN1C(=O)/C(c2ccccc2)=C\C(c2ccccc2)=Nc2ccccc21. The predicted molar refractivity (Wildman–Crippen MR) is 112 cm³/mol. The van der Waals surface area contributed by atoms with Gasteiger partial charge in [0.15, 0.2) is 0 Å². The fraction of sp³-hybridized carbons (Fsp3) is 0.0833. The Hall–Kier alpha value is -3.46. The van der Waals surface area contributed by atoms with Crippen molar-refractivity contribution in [2.75, 3.05) is 11.4 Å². The van der Waals surface area contributed by atoms with E-state index in [1.54, 1.807) is 4.90 Å². The minimum absolute atomic E-state index is 0.0144. The van der Waals surface area contributed by atoms with Crippen LogP contribution >= 0.6 is 0 Å². The van der Waals surface area contributed by atoms with E-state index in [0.29, 0.717) is 12.1 Å². The van der Waals surface area contributed by atoms with E-state index >= 15 is 0 Å². The average molecular weight is 352 g/mol. The van der Waals surface area contributed by atoms with Crippen LogP contribution in [0.15, 0.2) is 96.0 Å². The molecule has 1 aliphatic rings. The van der Waals surface area contributed by atoms with Gasteiger partial charge in [0.05, 0.1) is 17.1 Å². The first-order valence-electron chi connectivity index (χ1n) is 9.10. The Kier molecular flexibility index (Phi) is 4.67. The largest absolute Gasteiger partial charge is 0.306 e. The number of hydrogen-bond donors (Lipinski definition) is 0. The maximum Gasteiger partial charge on any atom is 0.259 e. The van der Waals surface area contributed by atoms with Crippen molar-refractivity contribution in [1.29, 1.82) is 0 Å². The van der Waals surface area contributed by atoms with E-state index in [1.165, 1.54) is 0 Å². The molecule has 132 valence electrons. The van der Waals surface area contributed by atoms with Crippen LogP contribution in [0.5, 0.6) is 0 Å². The van der Waals surface area contributed by atoms with Crippen molar-refractivity contribution in [3.05, 3.63) is 102 Å². The summed E-state index contributed by atoms with van der Waals surface area (Å²) in [5, 5.41) is 0. The summed E-state index contributed by atoms with van der Waals surface area (Å²) in [6.45, 7) is 2.57. The van der Waals surface area contributed by atoms with E-state index in [2.05, 4.69) is 0 Å². The molecule has 3 aromatic rings. The number of benzene rings is 3. The van der Waals surface area contributed by atoms with Crippen LogP contribution in [-0.4, -0.2) is 18.2 Å². The maximum absolute atomic E-state index is 13.5. The van der Waals surface area contributed by atoms with Crippen LogP contribution in [0.3, 0.4) is 0 Å². The van der Waals surface area contributed by atoms with Crippen LogP contribution in [0, 0.1) is 0 Å². The second-order valence-electron chi connectivity index (χ2n) is 6.33. The lowest BCUT2D eigenvalue weighted by atomic mass is 9.98. The van der Waals surface area contributed by atoms with Gasteiger partial charge in [-0.05, 0) is 30.7 Å². The lowest BCUT2D eigenvalue weighted by Gasteiger charge is -2.26. The number of carbonyl (C=O) groups excluding carboxylic acids is 1. The van der Waals surface area contributed by atoms with E-state index in [0.717, 1.165) is 28.2 Å². The third-order valence-electron chi connectivity index (χ3n) is 4.64.